The SMILES string of the molecule is COc1ccccc1C(=O)N1CCN(c2ccc(-c3cccnc3)nn2)CC1. The topological polar surface area (TPSA) is 71.5 Å². The van der Waals surface area contributed by atoms with E-state index in [9.17, 15) is 4.79 Å². The summed E-state index contributed by atoms with van der Waals surface area (Å²) in [7, 11) is 1.58. The molecule has 4 rings (SSSR count). The molecule has 3 heterocycles. The number of carbonyl (C=O) groups excluding carboxylic acids is 1. The molecule has 1 aromatic carbocycles. The van der Waals surface area contributed by atoms with E-state index >= 15 is 0 Å². The zero-order valence-corrected chi connectivity index (χ0v) is 15.7. The third kappa shape index (κ3) is 3.64. The number of methoxy groups -OCH3 is 1. The van der Waals surface area contributed by atoms with Crippen LogP contribution in [0.1, 0.15) is 10.4 Å². The van der Waals surface area contributed by atoms with Gasteiger partial charge in [-0.05, 0) is 36.4 Å². The van der Waals surface area contributed by atoms with Crippen molar-refractivity contribution in [3.05, 3.63) is 66.5 Å². The van der Waals surface area contributed by atoms with Crippen molar-refractivity contribution in [2.24, 2.45) is 0 Å². The van der Waals surface area contributed by atoms with Gasteiger partial charge in [0.15, 0.2) is 5.82 Å². The Morgan fingerprint density at radius 1 is 0.964 bits per heavy atom. The van der Waals surface area contributed by atoms with Crippen molar-refractivity contribution >= 4 is 11.7 Å². The number of hydrogen-bond acceptors (Lipinski definition) is 6. The molecule has 7 heteroatoms. The monoisotopic (exact) mass is 375 g/mol. The summed E-state index contributed by atoms with van der Waals surface area (Å²) in [6.45, 7) is 2.68. The van der Waals surface area contributed by atoms with E-state index in [0.29, 0.717) is 37.5 Å². The molecule has 0 aliphatic carbocycles. The largest absolute Gasteiger partial charge is 0.496 e. The Morgan fingerprint density at radius 2 is 1.79 bits per heavy atom. The standard InChI is InChI=1S/C21H21N5O2/c1-28-19-7-3-2-6-17(19)21(27)26-13-11-25(12-14-26)20-9-8-18(23-24-20)16-5-4-10-22-15-16/h2-10,15H,11-14H2,1H3. The fourth-order valence-corrected chi connectivity index (χ4v) is 3.29. The van der Waals surface area contributed by atoms with Gasteiger partial charge in [0.25, 0.3) is 5.91 Å². The Labute approximate surface area is 163 Å². The summed E-state index contributed by atoms with van der Waals surface area (Å²) in [5.41, 5.74) is 2.33. The lowest BCUT2D eigenvalue weighted by molar-refractivity contribution is 0.0743. The zero-order chi connectivity index (χ0) is 19.3. The van der Waals surface area contributed by atoms with E-state index in [1.165, 1.54) is 0 Å². The Bertz CT molecular complexity index is 939. The summed E-state index contributed by atoms with van der Waals surface area (Å²) in [6, 6.07) is 15.1. The van der Waals surface area contributed by atoms with Crippen LogP contribution in [0.25, 0.3) is 11.3 Å². The van der Waals surface area contributed by atoms with Gasteiger partial charge in [-0.25, -0.2) is 0 Å². The molecule has 1 saturated heterocycles. The minimum absolute atomic E-state index is 0.00453. The van der Waals surface area contributed by atoms with Crippen molar-refractivity contribution in [1.82, 2.24) is 20.1 Å². The molecule has 0 spiro atoms. The highest BCUT2D eigenvalue weighted by Crippen LogP contribution is 2.22. The Morgan fingerprint density at radius 3 is 2.46 bits per heavy atom. The summed E-state index contributed by atoms with van der Waals surface area (Å²) in [6.07, 6.45) is 3.50. The number of pyridine rings is 1. The molecule has 1 aliphatic heterocycles. The third-order valence-electron chi connectivity index (χ3n) is 4.84. The number of para-hydroxylation sites is 1. The van der Waals surface area contributed by atoms with Crippen molar-refractivity contribution in [3.63, 3.8) is 0 Å². The molecule has 28 heavy (non-hydrogen) atoms. The number of aromatic nitrogens is 3. The fraction of sp³-hybridized carbons (Fsp3) is 0.238. The van der Waals surface area contributed by atoms with Crippen molar-refractivity contribution in [2.45, 2.75) is 0 Å². The van der Waals surface area contributed by atoms with E-state index in [4.69, 9.17) is 4.74 Å². The van der Waals surface area contributed by atoms with Gasteiger partial charge in [0.1, 0.15) is 5.75 Å². The number of piperazine rings is 1. The minimum atomic E-state index is -0.00453. The first-order valence-electron chi connectivity index (χ1n) is 9.17. The van der Waals surface area contributed by atoms with Gasteiger partial charge >= 0.3 is 0 Å². The van der Waals surface area contributed by atoms with Crippen LogP contribution >= 0.6 is 0 Å². The maximum absolute atomic E-state index is 12.8. The number of ether oxygens (including phenoxy) is 1. The summed E-state index contributed by atoms with van der Waals surface area (Å²) in [4.78, 5) is 20.9. The third-order valence-corrected chi connectivity index (χ3v) is 4.84. The lowest BCUT2D eigenvalue weighted by atomic mass is 10.1. The van der Waals surface area contributed by atoms with Gasteiger partial charge < -0.3 is 14.5 Å². The average Bonchev–Trinajstić information content (AvgIpc) is 2.79. The van der Waals surface area contributed by atoms with Crippen LogP contribution in [0.4, 0.5) is 5.82 Å². The second-order valence-corrected chi connectivity index (χ2v) is 6.50. The Hall–Kier alpha value is -3.48. The zero-order valence-electron chi connectivity index (χ0n) is 15.7. The molecule has 0 N–H and O–H groups in total. The number of rotatable bonds is 4. The van der Waals surface area contributed by atoms with Crippen LogP contribution in [0.15, 0.2) is 60.9 Å². The summed E-state index contributed by atoms with van der Waals surface area (Å²) in [5.74, 6) is 1.42. The molecular formula is C21H21N5O2. The number of nitrogens with zero attached hydrogens (tertiary/aromatic N) is 5. The van der Waals surface area contributed by atoms with Crippen LogP contribution in [0, 0.1) is 0 Å². The van der Waals surface area contributed by atoms with E-state index in [1.54, 1.807) is 25.6 Å². The molecule has 142 valence electrons. The highest BCUT2D eigenvalue weighted by molar-refractivity contribution is 5.97. The molecule has 2 aromatic heterocycles. The fourth-order valence-electron chi connectivity index (χ4n) is 3.29. The van der Waals surface area contributed by atoms with E-state index in [-0.39, 0.29) is 5.91 Å². The van der Waals surface area contributed by atoms with Crippen molar-refractivity contribution < 1.29 is 9.53 Å². The lowest BCUT2D eigenvalue weighted by Gasteiger charge is -2.35. The molecule has 0 radical (unpaired) electrons. The maximum atomic E-state index is 12.8. The van der Waals surface area contributed by atoms with Crippen LogP contribution in [-0.4, -0.2) is 59.3 Å². The quantitative estimate of drug-likeness (QED) is 0.698. The maximum Gasteiger partial charge on any atom is 0.257 e. The van der Waals surface area contributed by atoms with Crippen LogP contribution in [0.2, 0.25) is 0 Å². The van der Waals surface area contributed by atoms with Gasteiger partial charge in [0.05, 0.1) is 18.4 Å². The molecule has 7 nitrogen and oxygen atoms in total. The Kier molecular flexibility index (Phi) is 5.14. The van der Waals surface area contributed by atoms with Gasteiger partial charge in [0, 0.05) is 44.1 Å². The summed E-state index contributed by atoms with van der Waals surface area (Å²) >= 11 is 0. The number of anilines is 1. The molecule has 0 saturated carbocycles. The number of hydrogen-bond donors (Lipinski definition) is 0. The molecule has 1 fully saturated rings. The van der Waals surface area contributed by atoms with E-state index in [2.05, 4.69) is 20.1 Å². The van der Waals surface area contributed by atoms with Gasteiger partial charge in [-0.15, -0.1) is 10.2 Å². The average molecular weight is 375 g/mol. The highest BCUT2D eigenvalue weighted by Gasteiger charge is 2.24. The smallest absolute Gasteiger partial charge is 0.257 e. The first-order valence-corrected chi connectivity index (χ1v) is 9.17. The minimum Gasteiger partial charge on any atom is -0.496 e. The summed E-state index contributed by atoms with van der Waals surface area (Å²) in [5, 5.41) is 8.68. The molecular weight excluding hydrogens is 354 g/mol. The van der Waals surface area contributed by atoms with Crippen molar-refractivity contribution in [2.75, 3.05) is 38.2 Å². The second-order valence-electron chi connectivity index (χ2n) is 6.50. The highest BCUT2D eigenvalue weighted by atomic mass is 16.5. The lowest BCUT2D eigenvalue weighted by Crippen LogP contribution is -2.49. The van der Waals surface area contributed by atoms with Crippen LogP contribution in [0.5, 0.6) is 5.75 Å². The molecule has 0 bridgehead atoms. The number of benzene rings is 1. The van der Waals surface area contributed by atoms with E-state index < -0.39 is 0 Å². The summed E-state index contributed by atoms with van der Waals surface area (Å²) < 4.78 is 5.31. The predicted molar refractivity (Wildman–Crippen MR) is 106 cm³/mol. The van der Waals surface area contributed by atoms with Crippen LogP contribution < -0.4 is 9.64 Å². The first kappa shape index (κ1) is 17.9. The molecule has 3 aromatic rings. The van der Waals surface area contributed by atoms with E-state index in [0.717, 1.165) is 17.1 Å². The molecule has 0 unspecified atom stereocenters. The second kappa shape index (κ2) is 8.04. The van der Waals surface area contributed by atoms with Crippen LogP contribution in [0.3, 0.4) is 0 Å². The van der Waals surface area contributed by atoms with Crippen molar-refractivity contribution in [1.29, 1.82) is 0 Å². The Balaban J connectivity index is 1.41. The van der Waals surface area contributed by atoms with Gasteiger partial charge in [-0.2, -0.15) is 0 Å². The van der Waals surface area contributed by atoms with Crippen LogP contribution in [-0.2, 0) is 0 Å². The first-order chi connectivity index (χ1) is 13.8. The molecule has 1 amide bonds. The predicted octanol–water partition coefficient (Wildman–Crippen LogP) is 2.51. The number of carbonyl (C=O) groups is 1. The molecule has 0 atom stereocenters. The normalized spacial score (nSPS) is 14.0. The van der Waals surface area contributed by atoms with Gasteiger partial charge in [0.2, 0.25) is 0 Å². The number of amides is 1. The van der Waals surface area contributed by atoms with Gasteiger partial charge in [-0.3, -0.25) is 9.78 Å². The van der Waals surface area contributed by atoms with Gasteiger partial charge in [-0.1, -0.05) is 12.1 Å². The van der Waals surface area contributed by atoms with Crippen molar-refractivity contribution in [3.8, 4) is 17.0 Å². The van der Waals surface area contributed by atoms with E-state index in [1.807, 2.05) is 47.4 Å². The molecule has 1 aliphatic rings.